The first-order chi connectivity index (χ1) is 20.0. The van der Waals surface area contributed by atoms with E-state index in [1.165, 1.54) is 22.5 Å². The maximum absolute atomic E-state index is 13.3. The highest BCUT2D eigenvalue weighted by molar-refractivity contribution is 8.26. The van der Waals surface area contributed by atoms with Gasteiger partial charge in [0.05, 0.1) is 16.3 Å². The second kappa shape index (κ2) is 11.7. The van der Waals surface area contributed by atoms with Crippen LogP contribution in [0.4, 0.5) is 0 Å². The largest absolute Gasteiger partial charge is 0.489 e. The molecule has 6 rings (SSSR count). The third-order valence-electron chi connectivity index (χ3n) is 7.31. The van der Waals surface area contributed by atoms with Crippen LogP contribution in [-0.2, 0) is 11.4 Å². The zero-order valence-electron chi connectivity index (χ0n) is 22.9. The summed E-state index contributed by atoms with van der Waals surface area (Å²) < 4.78 is 8.61. The monoisotopic (exact) mass is 575 g/mol. The molecule has 1 amide bonds. The van der Waals surface area contributed by atoms with Gasteiger partial charge in [-0.3, -0.25) is 9.69 Å². The van der Waals surface area contributed by atoms with Crippen LogP contribution in [0.1, 0.15) is 31.4 Å². The fourth-order valence-corrected chi connectivity index (χ4v) is 6.36. The minimum Gasteiger partial charge on any atom is -0.489 e. The number of carbonyl (C=O) groups excluding carboxylic acids is 1. The van der Waals surface area contributed by atoms with E-state index in [1.54, 1.807) is 4.90 Å². The van der Waals surface area contributed by atoms with Crippen molar-refractivity contribution in [3.63, 3.8) is 0 Å². The summed E-state index contributed by atoms with van der Waals surface area (Å²) in [4.78, 5) is 15.6. The molecular formula is C34H29N3O2S2. The van der Waals surface area contributed by atoms with E-state index >= 15 is 0 Å². The Hall–Kier alpha value is -4.20. The van der Waals surface area contributed by atoms with E-state index in [1.807, 2.05) is 84.5 Å². The van der Waals surface area contributed by atoms with E-state index in [2.05, 4.69) is 43.3 Å². The number of thioether (sulfide) groups is 1. The number of fused-ring (bicyclic) bond motifs is 1. The number of hydrogen-bond acceptors (Lipinski definition) is 5. The van der Waals surface area contributed by atoms with E-state index in [4.69, 9.17) is 22.1 Å². The Morgan fingerprint density at radius 1 is 0.951 bits per heavy atom. The highest BCUT2D eigenvalue weighted by Gasteiger charge is 2.35. The Morgan fingerprint density at radius 2 is 1.68 bits per heavy atom. The second-order valence-corrected chi connectivity index (χ2v) is 11.6. The van der Waals surface area contributed by atoms with Crippen molar-refractivity contribution >= 4 is 51.1 Å². The smallest absolute Gasteiger partial charge is 0.266 e. The first-order valence-corrected chi connectivity index (χ1v) is 14.9. The van der Waals surface area contributed by atoms with Gasteiger partial charge in [-0.2, -0.15) is 5.10 Å². The maximum Gasteiger partial charge on any atom is 0.266 e. The molecule has 1 atom stereocenters. The normalized spacial score (nSPS) is 15.2. The molecule has 4 aromatic carbocycles. The fourth-order valence-electron chi connectivity index (χ4n) is 4.90. The Labute approximate surface area is 249 Å². The molecule has 1 fully saturated rings. The Bertz CT molecular complexity index is 1760. The van der Waals surface area contributed by atoms with Gasteiger partial charge in [-0.25, -0.2) is 4.68 Å². The van der Waals surface area contributed by atoms with Crippen molar-refractivity contribution in [2.75, 3.05) is 0 Å². The zero-order chi connectivity index (χ0) is 28.3. The number of aromatic nitrogens is 2. The number of thiocarbonyl (C=S) groups is 1. The second-order valence-electron chi connectivity index (χ2n) is 9.97. The molecule has 0 bridgehead atoms. The number of nitrogens with zero attached hydrogens (tertiary/aromatic N) is 3. The fraction of sp³-hybridized carbons (Fsp3) is 0.147. The topological polar surface area (TPSA) is 47.4 Å². The standard InChI is InChI=1S/C34H29N3O2S2/c1-3-23(2)37-33(38)31(41-34(37)40)20-27-21-36(28-13-5-4-6-14-28)35-32(27)25-16-18-29(19-17-25)39-22-26-12-9-11-24-10-7-8-15-30(24)26/h4-21,23H,3,22H2,1-2H3/b31-20-/t23-/m0/s1. The average Bonchev–Trinajstić information content (AvgIpc) is 3.56. The van der Waals surface area contributed by atoms with Crippen molar-refractivity contribution in [2.24, 2.45) is 0 Å². The molecule has 204 valence electrons. The van der Waals surface area contributed by atoms with Gasteiger partial charge in [0.2, 0.25) is 0 Å². The van der Waals surface area contributed by atoms with Crippen LogP contribution in [0.25, 0.3) is 33.8 Å². The molecule has 0 N–H and O–H groups in total. The van der Waals surface area contributed by atoms with E-state index in [9.17, 15) is 4.79 Å². The molecule has 1 aromatic heterocycles. The van der Waals surface area contributed by atoms with Crippen LogP contribution in [0.5, 0.6) is 5.75 Å². The van der Waals surface area contributed by atoms with E-state index in [0.29, 0.717) is 15.8 Å². The molecule has 7 heteroatoms. The number of ether oxygens (including phenoxy) is 1. The van der Waals surface area contributed by atoms with Gasteiger partial charge in [-0.1, -0.05) is 91.6 Å². The van der Waals surface area contributed by atoms with Crippen LogP contribution in [0.15, 0.2) is 108 Å². The van der Waals surface area contributed by atoms with Crippen molar-refractivity contribution in [1.29, 1.82) is 0 Å². The highest BCUT2D eigenvalue weighted by Crippen LogP contribution is 2.36. The predicted molar refractivity (Wildman–Crippen MR) is 172 cm³/mol. The van der Waals surface area contributed by atoms with Gasteiger partial charge in [0.1, 0.15) is 16.7 Å². The molecule has 41 heavy (non-hydrogen) atoms. The molecule has 0 radical (unpaired) electrons. The summed E-state index contributed by atoms with van der Waals surface area (Å²) in [6.45, 7) is 4.56. The van der Waals surface area contributed by atoms with Crippen LogP contribution in [0, 0.1) is 0 Å². The molecular weight excluding hydrogens is 547 g/mol. The van der Waals surface area contributed by atoms with Gasteiger partial charge in [0, 0.05) is 23.4 Å². The number of para-hydroxylation sites is 1. The minimum absolute atomic E-state index is 0.0510. The number of benzene rings is 4. The summed E-state index contributed by atoms with van der Waals surface area (Å²) in [5.74, 6) is 0.727. The highest BCUT2D eigenvalue weighted by atomic mass is 32.2. The Morgan fingerprint density at radius 3 is 2.46 bits per heavy atom. The number of hydrogen-bond donors (Lipinski definition) is 0. The number of amides is 1. The van der Waals surface area contributed by atoms with Crippen LogP contribution < -0.4 is 4.74 Å². The lowest BCUT2D eigenvalue weighted by Crippen LogP contribution is -2.36. The third-order valence-corrected chi connectivity index (χ3v) is 8.64. The molecule has 0 saturated carbocycles. The molecule has 1 aliphatic heterocycles. The molecule has 5 aromatic rings. The summed E-state index contributed by atoms with van der Waals surface area (Å²) >= 11 is 6.90. The Kier molecular flexibility index (Phi) is 7.72. The van der Waals surface area contributed by atoms with Crippen molar-refractivity contribution in [1.82, 2.24) is 14.7 Å². The van der Waals surface area contributed by atoms with Crippen molar-refractivity contribution in [3.8, 4) is 22.7 Å². The predicted octanol–water partition coefficient (Wildman–Crippen LogP) is 8.27. The zero-order valence-corrected chi connectivity index (χ0v) is 24.5. The summed E-state index contributed by atoms with van der Waals surface area (Å²) in [5.41, 5.74) is 4.65. The van der Waals surface area contributed by atoms with Crippen LogP contribution in [-0.4, -0.2) is 30.9 Å². The molecule has 0 spiro atoms. The summed E-state index contributed by atoms with van der Waals surface area (Å²) in [7, 11) is 0. The first-order valence-electron chi connectivity index (χ1n) is 13.6. The molecule has 0 aliphatic carbocycles. The van der Waals surface area contributed by atoms with Gasteiger partial charge in [-0.15, -0.1) is 0 Å². The summed E-state index contributed by atoms with van der Waals surface area (Å²) in [6, 6.07) is 32.6. The van der Waals surface area contributed by atoms with Gasteiger partial charge in [0.15, 0.2) is 0 Å². The lowest BCUT2D eigenvalue weighted by Gasteiger charge is -2.21. The maximum atomic E-state index is 13.3. The quantitative estimate of drug-likeness (QED) is 0.138. The summed E-state index contributed by atoms with van der Waals surface area (Å²) in [6.07, 6.45) is 4.71. The van der Waals surface area contributed by atoms with Crippen LogP contribution in [0.2, 0.25) is 0 Å². The molecule has 0 unspecified atom stereocenters. The van der Waals surface area contributed by atoms with Crippen LogP contribution in [0.3, 0.4) is 0 Å². The average molecular weight is 576 g/mol. The van der Waals surface area contributed by atoms with E-state index in [-0.39, 0.29) is 11.9 Å². The first kappa shape index (κ1) is 27.0. The van der Waals surface area contributed by atoms with Crippen molar-refractivity contribution in [3.05, 3.63) is 119 Å². The molecule has 1 saturated heterocycles. The van der Waals surface area contributed by atoms with Gasteiger partial charge in [-0.05, 0) is 72.2 Å². The van der Waals surface area contributed by atoms with Crippen molar-refractivity contribution < 1.29 is 9.53 Å². The van der Waals surface area contributed by atoms with Crippen LogP contribution >= 0.6 is 24.0 Å². The minimum atomic E-state index is -0.0510. The van der Waals surface area contributed by atoms with Crippen molar-refractivity contribution in [2.45, 2.75) is 32.9 Å². The Balaban J connectivity index is 1.30. The molecule has 1 aliphatic rings. The third kappa shape index (κ3) is 5.56. The van der Waals surface area contributed by atoms with E-state index < -0.39 is 0 Å². The van der Waals surface area contributed by atoms with Gasteiger partial charge < -0.3 is 4.74 Å². The van der Waals surface area contributed by atoms with E-state index in [0.717, 1.165) is 40.2 Å². The SMILES string of the molecule is CC[C@H](C)N1C(=O)/C(=C/c2cn(-c3ccccc3)nc2-c2ccc(OCc3cccc4ccccc34)cc2)SC1=S. The molecule has 5 nitrogen and oxygen atoms in total. The van der Waals surface area contributed by atoms with Gasteiger partial charge >= 0.3 is 0 Å². The molecule has 2 heterocycles. The number of carbonyl (C=O) groups is 1. The van der Waals surface area contributed by atoms with Gasteiger partial charge in [0.25, 0.3) is 5.91 Å². The lowest BCUT2D eigenvalue weighted by atomic mass is 10.1. The number of rotatable bonds is 8. The summed E-state index contributed by atoms with van der Waals surface area (Å²) in [5, 5.41) is 7.33. The lowest BCUT2D eigenvalue weighted by molar-refractivity contribution is -0.123.